The molecule has 2 rings (SSSR count). The van der Waals surface area contributed by atoms with E-state index in [-0.39, 0.29) is 11.0 Å². The van der Waals surface area contributed by atoms with Gasteiger partial charge in [0.05, 0.1) is 5.70 Å². The van der Waals surface area contributed by atoms with Crippen LogP contribution in [0.1, 0.15) is 77.6 Å². The molecule has 0 bridgehead atoms. The zero-order valence-electron chi connectivity index (χ0n) is 16.8. The number of hydrogen-bond acceptors (Lipinski definition) is 2. The highest BCUT2D eigenvalue weighted by Crippen LogP contribution is 2.29. The molecule has 0 amide bonds. The van der Waals surface area contributed by atoms with Crippen LogP contribution in [0.25, 0.3) is 0 Å². The first-order valence-corrected chi connectivity index (χ1v) is 10.6. The van der Waals surface area contributed by atoms with E-state index in [0.29, 0.717) is 0 Å². The Kier molecular flexibility index (Phi) is 9.26. The first-order valence-electron chi connectivity index (χ1n) is 10.6. The van der Waals surface area contributed by atoms with Crippen molar-refractivity contribution in [2.75, 3.05) is 6.54 Å². The predicted octanol–water partition coefficient (Wildman–Crippen LogP) is 6.27. The highest BCUT2D eigenvalue weighted by molar-refractivity contribution is 5.86. The van der Waals surface area contributed by atoms with Crippen LogP contribution in [0.4, 0.5) is 5.69 Å². The van der Waals surface area contributed by atoms with E-state index < -0.39 is 5.97 Å². The van der Waals surface area contributed by atoms with Crippen molar-refractivity contribution in [2.45, 2.75) is 77.6 Å². The standard InChI is InChI=1S/C23H34N2O2/c1-2-3-4-5-6-7-8-9-10-12-15-21-18-25(20-24-21,19-23(26)27)22-16-13-11-14-17-22/h11,13-14,16-18,20H,2-10,12,15,19H2,1H3/p+1. The first kappa shape index (κ1) is 21.4. The van der Waals surface area contributed by atoms with Gasteiger partial charge in [-0.05, 0) is 25.0 Å². The number of quaternary nitrogens is 1. The van der Waals surface area contributed by atoms with E-state index in [2.05, 4.69) is 11.9 Å². The van der Waals surface area contributed by atoms with Gasteiger partial charge in [-0.25, -0.2) is 14.3 Å². The number of para-hydroxylation sites is 1. The highest BCUT2D eigenvalue weighted by atomic mass is 16.4. The molecule has 1 unspecified atom stereocenters. The smallest absolute Gasteiger partial charge is 0.360 e. The zero-order chi connectivity index (χ0) is 19.4. The predicted molar refractivity (Wildman–Crippen MR) is 114 cm³/mol. The molecular formula is C23H35N2O2+. The van der Waals surface area contributed by atoms with Gasteiger partial charge in [-0.1, -0.05) is 82.9 Å². The van der Waals surface area contributed by atoms with Crippen molar-refractivity contribution >= 4 is 18.0 Å². The van der Waals surface area contributed by atoms with Crippen LogP contribution in [0.2, 0.25) is 0 Å². The number of nitrogens with zero attached hydrogens (tertiary/aromatic N) is 2. The molecule has 0 saturated carbocycles. The van der Waals surface area contributed by atoms with Crippen LogP contribution in [0.3, 0.4) is 0 Å². The summed E-state index contributed by atoms with van der Waals surface area (Å²) in [5, 5.41) is 9.34. The van der Waals surface area contributed by atoms with Gasteiger partial charge in [0.1, 0.15) is 11.9 Å². The Morgan fingerprint density at radius 2 is 1.52 bits per heavy atom. The number of aliphatic carboxylic acids is 1. The Labute approximate surface area is 164 Å². The fraction of sp³-hybridized carbons (Fsp3) is 0.565. The highest BCUT2D eigenvalue weighted by Gasteiger charge is 2.34. The molecule has 1 aromatic rings. The van der Waals surface area contributed by atoms with Gasteiger partial charge in [0.15, 0.2) is 6.54 Å². The molecule has 0 radical (unpaired) electrons. The SMILES string of the molecule is CCCCCCCCCCCCC1=C[N+](CC(=O)O)(c2ccccc2)C=N1. The summed E-state index contributed by atoms with van der Waals surface area (Å²) in [6.07, 6.45) is 17.9. The van der Waals surface area contributed by atoms with Crippen LogP contribution in [0.15, 0.2) is 47.2 Å². The maximum absolute atomic E-state index is 11.4. The van der Waals surface area contributed by atoms with E-state index in [1.807, 2.05) is 36.5 Å². The van der Waals surface area contributed by atoms with Crippen LogP contribution in [-0.4, -0.2) is 24.0 Å². The number of benzene rings is 1. The minimum Gasteiger partial charge on any atom is -0.477 e. The lowest BCUT2D eigenvalue weighted by molar-refractivity contribution is -0.136. The number of unbranched alkanes of at least 4 members (excludes halogenated alkanes) is 9. The number of carboxylic acids is 1. The fourth-order valence-electron chi connectivity index (χ4n) is 3.68. The van der Waals surface area contributed by atoms with E-state index in [0.717, 1.165) is 24.2 Å². The number of carbonyl (C=O) groups is 1. The number of carboxylic acid groups (broad SMARTS) is 1. The van der Waals surface area contributed by atoms with E-state index >= 15 is 0 Å². The minimum absolute atomic E-state index is 0.00492. The first-order chi connectivity index (χ1) is 13.2. The third-order valence-corrected chi connectivity index (χ3v) is 5.23. The van der Waals surface area contributed by atoms with Crippen LogP contribution in [0, 0.1) is 0 Å². The number of allylic oxidation sites excluding steroid dienone is 1. The van der Waals surface area contributed by atoms with Gasteiger partial charge in [0.25, 0.3) is 0 Å². The van der Waals surface area contributed by atoms with Gasteiger partial charge in [0.2, 0.25) is 6.34 Å². The lowest BCUT2D eigenvalue weighted by Crippen LogP contribution is -2.45. The Morgan fingerprint density at radius 1 is 0.926 bits per heavy atom. The summed E-state index contributed by atoms with van der Waals surface area (Å²) < 4.78 is 0.184. The fourth-order valence-corrected chi connectivity index (χ4v) is 3.68. The van der Waals surface area contributed by atoms with Crippen molar-refractivity contribution in [2.24, 2.45) is 4.99 Å². The summed E-state index contributed by atoms with van der Waals surface area (Å²) in [6, 6.07) is 9.77. The van der Waals surface area contributed by atoms with E-state index in [9.17, 15) is 9.90 Å². The average molecular weight is 372 g/mol. The van der Waals surface area contributed by atoms with E-state index in [1.54, 1.807) is 6.34 Å². The van der Waals surface area contributed by atoms with Gasteiger partial charge >= 0.3 is 5.97 Å². The van der Waals surface area contributed by atoms with Crippen LogP contribution in [-0.2, 0) is 4.79 Å². The second-order valence-electron chi connectivity index (χ2n) is 7.61. The molecule has 148 valence electrons. The van der Waals surface area contributed by atoms with Gasteiger partial charge in [0, 0.05) is 0 Å². The van der Waals surface area contributed by atoms with Crippen molar-refractivity contribution in [3.05, 3.63) is 42.2 Å². The maximum atomic E-state index is 11.4. The molecule has 0 spiro atoms. The normalized spacial score (nSPS) is 18.6. The molecule has 0 aromatic heterocycles. The molecule has 1 N–H and O–H groups in total. The van der Waals surface area contributed by atoms with E-state index in [1.165, 1.54) is 57.8 Å². The Morgan fingerprint density at radius 3 is 2.11 bits per heavy atom. The number of hydrogen-bond donors (Lipinski definition) is 1. The molecule has 27 heavy (non-hydrogen) atoms. The third-order valence-electron chi connectivity index (χ3n) is 5.23. The molecule has 0 aliphatic carbocycles. The van der Waals surface area contributed by atoms with Crippen molar-refractivity contribution in [1.29, 1.82) is 0 Å². The van der Waals surface area contributed by atoms with E-state index in [4.69, 9.17) is 0 Å². The molecule has 4 heteroatoms. The number of aliphatic imine (C=N–C) groups is 1. The lowest BCUT2D eigenvalue weighted by Gasteiger charge is -2.24. The summed E-state index contributed by atoms with van der Waals surface area (Å²) in [5.74, 6) is -0.818. The average Bonchev–Trinajstić information content (AvgIpc) is 3.07. The Hall–Kier alpha value is -1.94. The second-order valence-corrected chi connectivity index (χ2v) is 7.61. The van der Waals surface area contributed by atoms with Crippen LogP contribution >= 0.6 is 0 Å². The van der Waals surface area contributed by atoms with Gasteiger partial charge < -0.3 is 5.11 Å². The molecule has 1 aliphatic heterocycles. The van der Waals surface area contributed by atoms with Crippen molar-refractivity contribution in [3.63, 3.8) is 0 Å². The number of rotatable bonds is 14. The minimum atomic E-state index is -0.818. The van der Waals surface area contributed by atoms with Gasteiger partial charge in [-0.15, -0.1) is 0 Å². The third kappa shape index (κ3) is 7.30. The summed E-state index contributed by atoms with van der Waals surface area (Å²) in [7, 11) is 0. The largest absolute Gasteiger partial charge is 0.477 e. The monoisotopic (exact) mass is 371 g/mol. The topological polar surface area (TPSA) is 49.7 Å². The summed E-state index contributed by atoms with van der Waals surface area (Å²) in [4.78, 5) is 15.9. The molecule has 1 atom stereocenters. The van der Waals surface area contributed by atoms with Crippen LogP contribution < -0.4 is 4.48 Å². The molecule has 4 nitrogen and oxygen atoms in total. The lowest BCUT2D eigenvalue weighted by atomic mass is 10.1. The molecule has 0 saturated heterocycles. The van der Waals surface area contributed by atoms with Crippen LogP contribution in [0.5, 0.6) is 0 Å². The summed E-state index contributed by atoms with van der Waals surface area (Å²) in [5.41, 5.74) is 1.96. The molecule has 0 fully saturated rings. The second kappa shape index (κ2) is 11.7. The molecule has 1 aliphatic rings. The quantitative estimate of drug-likeness (QED) is 0.309. The molecule has 1 aromatic carbocycles. The molecule has 1 heterocycles. The zero-order valence-corrected chi connectivity index (χ0v) is 16.8. The van der Waals surface area contributed by atoms with Crippen molar-refractivity contribution in [1.82, 2.24) is 4.48 Å². The Balaban J connectivity index is 1.73. The van der Waals surface area contributed by atoms with Crippen molar-refractivity contribution in [3.8, 4) is 0 Å². The summed E-state index contributed by atoms with van der Waals surface area (Å²) in [6.45, 7) is 2.25. The van der Waals surface area contributed by atoms with Gasteiger partial charge in [-0.3, -0.25) is 0 Å². The van der Waals surface area contributed by atoms with Gasteiger partial charge in [-0.2, -0.15) is 0 Å². The van der Waals surface area contributed by atoms with Crippen molar-refractivity contribution < 1.29 is 9.90 Å². The Bertz CT molecular complexity index is 625. The summed E-state index contributed by atoms with van der Waals surface area (Å²) >= 11 is 0. The maximum Gasteiger partial charge on any atom is 0.360 e. The molecular weight excluding hydrogens is 336 g/mol.